The van der Waals surface area contributed by atoms with Crippen molar-refractivity contribution in [2.75, 3.05) is 39.6 Å². The molecule has 0 bridgehead atoms. The van der Waals surface area contributed by atoms with Crippen LogP contribution in [0.1, 0.15) is 303 Å². The molecule has 0 amide bonds. The highest BCUT2D eigenvalue weighted by atomic mass is 31.2. The molecule has 5 unspecified atom stereocenters. The highest BCUT2D eigenvalue weighted by Crippen LogP contribution is 2.45. The van der Waals surface area contributed by atoms with Gasteiger partial charge < -0.3 is 34.2 Å². The lowest BCUT2D eigenvalue weighted by atomic mass is 10.1. The molecule has 0 radical (unpaired) electrons. The lowest BCUT2D eigenvalue weighted by Crippen LogP contribution is -2.30. The van der Waals surface area contributed by atoms with Crippen molar-refractivity contribution in [3.05, 3.63) is 97.2 Å². The summed E-state index contributed by atoms with van der Waals surface area (Å²) in [6.07, 6.45) is 76.0. The molecule has 0 fully saturated rings. The van der Waals surface area contributed by atoms with Crippen molar-refractivity contribution >= 4 is 33.6 Å². The summed E-state index contributed by atoms with van der Waals surface area (Å²) in [4.78, 5) is 58.4. The number of ether oxygens (including phenoxy) is 3. The van der Waals surface area contributed by atoms with E-state index in [1.807, 2.05) is 0 Å². The van der Waals surface area contributed by atoms with Crippen molar-refractivity contribution in [3.63, 3.8) is 0 Å². The molecule has 93 heavy (non-hydrogen) atoms. The number of carbonyl (C=O) groups excluding carboxylic acids is 3. The molecule has 0 spiro atoms. The van der Waals surface area contributed by atoms with E-state index >= 15 is 0 Å². The Hall–Kier alpha value is -3.53. The first-order chi connectivity index (χ1) is 45.2. The van der Waals surface area contributed by atoms with Crippen LogP contribution in [0.15, 0.2) is 97.2 Å². The van der Waals surface area contributed by atoms with Gasteiger partial charge in [-0.3, -0.25) is 32.5 Å². The summed E-state index contributed by atoms with van der Waals surface area (Å²) in [7, 11) is -9.78. The van der Waals surface area contributed by atoms with Crippen LogP contribution in [0, 0.1) is 0 Å². The van der Waals surface area contributed by atoms with E-state index in [1.165, 1.54) is 96.3 Å². The normalized spacial score (nSPS) is 14.7. The van der Waals surface area contributed by atoms with Gasteiger partial charge in [0.1, 0.15) is 25.4 Å². The summed E-state index contributed by atoms with van der Waals surface area (Å²) in [5.41, 5.74) is 0. The molecule has 0 heterocycles. The average molecular weight is 1350 g/mol. The van der Waals surface area contributed by atoms with Gasteiger partial charge in [-0.2, -0.15) is 0 Å². The minimum Gasteiger partial charge on any atom is -0.463 e. The molecule has 18 heteroatoms. The Labute approximate surface area is 565 Å². The number of unbranched alkanes of at least 4 members (excludes halogenated alkanes) is 30. The van der Waals surface area contributed by atoms with Gasteiger partial charge in [-0.15, -0.1) is 0 Å². The maximum Gasteiger partial charge on any atom is 0.472 e. The van der Waals surface area contributed by atoms with Crippen LogP contribution in [-0.4, -0.2) is 95.9 Å². The first-order valence-corrected chi connectivity index (χ1v) is 39.5. The number of rotatable bonds is 69. The fourth-order valence-electron chi connectivity index (χ4n) is 9.68. The maximum absolute atomic E-state index is 12.9. The van der Waals surface area contributed by atoms with Gasteiger partial charge in [-0.05, 0) is 122 Å². The average Bonchev–Trinajstić information content (AvgIpc) is 3.71. The zero-order chi connectivity index (χ0) is 68.1. The molecule has 0 aromatic heterocycles. The van der Waals surface area contributed by atoms with Crippen molar-refractivity contribution in [2.24, 2.45) is 0 Å². The first kappa shape index (κ1) is 89.5. The summed E-state index contributed by atoms with van der Waals surface area (Å²) < 4.78 is 61.0. The maximum atomic E-state index is 12.9. The fourth-order valence-corrected chi connectivity index (χ4v) is 11.3. The number of carbonyl (C=O) groups is 3. The molecule has 4 N–H and O–H groups in total. The van der Waals surface area contributed by atoms with Gasteiger partial charge in [0.05, 0.1) is 26.4 Å². The molecule has 0 aromatic carbocycles. The van der Waals surface area contributed by atoms with Gasteiger partial charge in [0.15, 0.2) is 6.10 Å². The highest BCUT2D eigenvalue weighted by molar-refractivity contribution is 7.47. The first-order valence-electron chi connectivity index (χ1n) is 36.5. The quantitative estimate of drug-likeness (QED) is 0.0146. The van der Waals surface area contributed by atoms with Gasteiger partial charge >= 0.3 is 33.6 Å². The van der Waals surface area contributed by atoms with Gasteiger partial charge in [0.25, 0.3) is 0 Å². The summed E-state index contributed by atoms with van der Waals surface area (Å²) in [5, 5.41) is 20.6. The predicted octanol–water partition coefficient (Wildman–Crippen LogP) is 20.6. The van der Waals surface area contributed by atoms with Gasteiger partial charge in [0.2, 0.25) is 0 Å². The third-order valence-corrected chi connectivity index (χ3v) is 17.2. The van der Waals surface area contributed by atoms with Gasteiger partial charge in [0, 0.05) is 19.3 Å². The molecule has 0 aliphatic rings. The number of aliphatic hydroxyl groups excluding tert-OH is 2. The third-order valence-electron chi connectivity index (χ3n) is 15.3. The van der Waals surface area contributed by atoms with E-state index in [-0.39, 0.29) is 19.3 Å². The van der Waals surface area contributed by atoms with Crippen molar-refractivity contribution in [2.45, 2.75) is 322 Å². The topological polar surface area (TPSA) is 231 Å². The van der Waals surface area contributed by atoms with Crippen molar-refractivity contribution < 1.29 is 75.8 Å². The number of hydrogen-bond acceptors (Lipinski definition) is 14. The van der Waals surface area contributed by atoms with Crippen LogP contribution in [0.3, 0.4) is 0 Å². The molecule has 0 aliphatic heterocycles. The van der Waals surface area contributed by atoms with Crippen LogP contribution in [-0.2, 0) is 55.8 Å². The van der Waals surface area contributed by atoms with Crippen molar-refractivity contribution in [3.8, 4) is 0 Å². The van der Waals surface area contributed by atoms with Crippen LogP contribution in [0.4, 0.5) is 0 Å². The second-order valence-corrected chi connectivity index (χ2v) is 27.3. The standard InChI is InChI=1S/C75H132O16P2/c1-4-7-10-13-16-19-22-25-28-29-30-31-32-33-34-35-36-37-38-39-42-44-46-49-52-55-58-61-73(78)85-64-70(76)65-87-92(81,82)88-66-71(77)67-89-93(83,84)90-69-72(91-75(80)63-60-57-54-51-48-45-41-27-24-21-18-15-12-9-6-3)68-86-74(79)62-59-56-53-50-47-43-40-26-23-20-17-14-11-8-5-2/h7,10,16,19,25-28,30-31,33-34,36-37,40-41,70-72,76-77H,4-6,8-9,11-15,17-18,20-24,29,32,35,38-39,42-69H2,1-3H3,(H,81,82)(H,83,84)/b10-7-,19-16-,28-25-,31-30-,34-33-,37-36-,40-26-,41-27-. The number of phosphoric acid groups is 2. The zero-order valence-electron chi connectivity index (χ0n) is 58.4. The predicted molar refractivity (Wildman–Crippen MR) is 381 cm³/mol. The molecule has 538 valence electrons. The molecule has 16 nitrogen and oxygen atoms in total. The Morgan fingerprint density at radius 2 is 0.570 bits per heavy atom. The van der Waals surface area contributed by atoms with Crippen LogP contribution < -0.4 is 0 Å². The minimum atomic E-state index is -4.93. The number of allylic oxidation sites excluding steroid dienone is 16. The fraction of sp³-hybridized carbons (Fsp3) is 0.747. The second kappa shape index (κ2) is 68.4. The number of phosphoric ester groups is 2. The Morgan fingerprint density at radius 3 is 0.914 bits per heavy atom. The van der Waals surface area contributed by atoms with E-state index in [4.69, 9.17) is 32.3 Å². The van der Waals surface area contributed by atoms with E-state index in [1.54, 1.807) is 0 Å². The highest BCUT2D eigenvalue weighted by Gasteiger charge is 2.29. The summed E-state index contributed by atoms with van der Waals surface area (Å²) >= 11 is 0. The molecule has 0 aliphatic carbocycles. The van der Waals surface area contributed by atoms with Crippen LogP contribution in [0.25, 0.3) is 0 Å². The van der Waals surface area contributed by atoms with E-state index in [2.05, 4.69) is 118 Å². The van der Waals surface area contributed by atoms with Crippen LogP contribution >= 0.6 is 15.6 Å². The molecule has 0 saturated heterocycles. The molecular weight excluding hydrogens is 1220 g/mol. The molecule has 5 atom stereocenters. The summed E-state index contributed by atoms with van der Waals surface area (Å²) in [6, 6.07) is 0. The SMILES string of the molecule is CC/C=C\C/C=C\C/C=C\C/C=C\C/C=C\C/C=C\CCCCCCCCCCC(=O)OCC(O)COP(=O)(O)OCC(O)COP(=O)(O)OCC(COC(=O)CCCCCCC/C=C\CCCCCCCC)OC(=O)CCCCCCC/C=C\CCCCCCCC. The van der Waals surface area contributed by atoms with E-state index in [0.717, 1.165) is 148 Å². The minimum absolute atomic E-state index is 0.0944. The van der Waals surface area contributed by atoms with Crippen LogP contribution in [0.2, 0.25) is 0 Å². The number of aliphatic hydroxyl groups is 2. The lowest BCUT2D eigenvalue weighted by molar-refractivity contribution is -0.161. The van der Waals surface area contributed by atoms with E-state index in [0.29, 0.717) is 19.3 Å². The molecule has 0 rings (SSSR count). The monoisotopic (exact) mass is 1350 g/mol. The lowest BCUT2D eigenvalue weighted by Gasteiger charge is -2.21. The molecular formula is C75H132O16P2. The second-order valence-electron chi connectivity index (χ2n) is 24.4. The van der Waals surface area contributed by atoms with Crippen molar-refractivity contribution in [1.82, 2.24) is 0 Å². The van der Waals surface area contributed by atoms with Crippen LogP contribution in [0.5, 0.6) is 0 Å². The summed E-state index contributed by atoms with van der Waals surface area (Å²) in [6.45, 7) is 2.54. The Morgan fingerprint density at radius 1 is 0.312 bits per heavy atom. The smallest absolute Gasteiger partial charge is 0.463 e. The third kappa shape index (κ3) is 69.6. The Balaban J connectivity index is 4.54. The van der Waals surface area contributed by atoms with Crippen molar-refractivity contribution in [1.29, 1.82) is 0 Å². The Bertz CT molecular complexity index is 2080. The number of hydrogen-bond donors (Lipinski definition) is 4. The zero-order valence-corrected chi connectivity index (χ0v) is 60.2. The number of esters is 3. The van der Waals surface area contributed by atoms with Gasteiger partial charge in [-0.1, -0.05) is 259 Å². The summed E-state index contributed by atoms with van der Waals surface area (Å²) in [5.74, 6) is -1.59. The molecule has 0 saturated carbocycles. The Kier molecular flexibility index (Phi) is 65.8. The van der Waals surface area contributed by atoms with Gasteiger partial charge in [-0.25, -0.2) is 9.13 Å². The van der Waals surface area contributed by atoms with E-state index in [9.17, 15) is 43.5 Å². The largest absolute Gasteiger partial charge is 0.472 e. The van der Waals surface area contributed by atoms with E-state index < -0.39 is 91.5 Å². The molecule has 0 aromatic rings.